The Morgan fingerprint density at radius 3 is 2.50 bits per heavy atom. The van der Waals surface area contributed by atoms with Crippen molar-refractivity contribution in [1.29, 1.82) is 0 Å². The third-order valence-corrected chi connectivity index (χ3v) is 4.45. The van der Waals surface area contributed by atoms with Gasteiger partial charge in [-0.2, -0.15) is 0 Å². The van der Waals surface area contributed by atoms with Gasteiger partial charge in [0.1, 0.15) is 0 Å². The Kier molecular flexibility index (Phi) is 5.20. The largest absolute Gasteiger partial charge is 0.452 e. The first kappa shape index (κ1) is 17.9. The van der Waals surface area contributed by atoms with E-state index in [2.05, 4.69) is 5.32 Å². The highest BCUT2D eigenvalue weighted by molar-refractivity contribution is 5.98. The van der Waals surface area contributed by atoms with Crippen molar-refractivity contribution in [3.8, 4) is 0 Å². The molecule has 8 heteroatoms. The van der Waals surface area contributed by atoms with Crippen LogP contribution in [0.2, 0.25) is 0 Å². The fourth-order valence-electron chi connectivity index (χ4n) is 3.07. The number of urea groups is 1. The lowest BCUT2D eigenvalue weighted by molar-refractivity contribution is -0.156. The number of imide groups is 1. The summed E-state index contributed by atoms with van der Waals surface area (Å²) in [4.78, 5) is 50.2. The average molecular weight is 359 g/mol. The third kappa shape index (κ3) is 3.84. The Hall–Kier alpha value is -2.90. The van der Waals surface area contributed by atoms with E-state index in [1.54, 1.807) is 29.2 Å². The lowest BCUT2D eigenvalue weighted by atomic mass is 10.1. The second-order valence-corrected chi connectivity index (χ2v) is 6.35. The molecular formula is C18H21N3O5. The van der Waals surface area contributed by atoms with Gasteiger partial charge in [-0.05, 0) is 31.0 Å². The molecule has 0 spiro atoms. The second kappa shape index (κ2) is 7.55. The van der Waals surface area contributed by atoms with Crippen molar-refractivity contribution < 1.29 is 23.9 Å². The van der Waals surface area contributed by atoms with Crippen LogP contribution < -0.4 is 10.2 Å². The molecule has 1 N–H and O–H groups in total. The number of hydrogen-bond acceptors (Lipinski definition) is 5. The Balaban J connectivity index is 1.53. The van der Waals surface area contributed by atoms with Crippen LogP contribution in [-0.4, -0.2) is 54.5 Å². The van der Waals surface area contributed by atoms with Crippen LogP contribution in [-0.2, 0) is 25.5 Å². The Labute approximate surface area is 151 Å². The number of ether oxygens (including phenoxy) is 1. The number of carbonyl (C=O) groups excluding carboxylic acids is 4. The minimum Gasteiger partial charge on any atom is -0.452 e. The Bertz CT molecular complexity index is 731. The van der Waals surface area contributed by atoms with Crippen LogP contribution in [0, 0.1) is 0 Å². The molecule has 0 aromatic heterocycles. The molecule has 26 heavy (non-hydrogen) atoms. The average Bonchev–Trinajstić information content (AvgIpc) is 3.23. The predicted molar refractivity (Wildman–Crippen MR) is 92.4 cm³/mol. The number of anilines is 1. The molecule has 0 bridgehead atoms. The molecule has 8 nitrogen and oxygen atoms in total. The molecular weight excluding hydrogens is 338 g/mol. The van der Waals surface area contributed by atoms with Gasteiger partial charge in [0.15, 0.2) is 6.10 Å². The van der Waals surface area contributed by atoms with Gasteiger partial charge in [0.05, 0.1) is 6.42 Å². The van der Waals surface area contributed by atoms with E-state index in [1.807, 2.05) is 0 Å². The van der Waals surface area contributed by atoms with E-state index in [0.29, 0.717) is 19.5 Å². The summed E-state index contributed by atoms with van der Waals surface area (Å²) in [5, 5.41) is 2.53. The molecule has 0 radical (unpaired) electrons. The zero-order valence-electron chi connectivity index (χ0n) is 14.6. The van der Waals surface area contributed by atoms with Crippen LogP contribution in [0.3, 0.4) is 0 Å². The molecule has 0 aliphatic carbocycles. The summed E-state index contributed by atoms with van der Waals surface area (Å²) < 4.78 is 5.15. The number of nitrogens with zero attached hydrogens (tertiary/aromatic N) is 2. The van der Waals surface area contributed by atoms with E-state index in [0.717, 1.165) is 22.6 Å². The minimum absolute atomic E-state index is 0.0119. The number of amides is 4. The van der Waals surface area contributed by atoms with Gasteiger partial charge >= 0.3 is 12.0 Å². The van der Waals surface area contributed by atoms with E-state index in [1.165, 1.54) is 6.92 Å². The molecule has 2 heterocycles. The van der Waals surface area contributed by atoms with Gasteiger partial charge in [0, 0.05) is 31.7 Å². The SMILES string of the molecule is C[C@H](OC(=O)Cc1ccc(N2CCCC2=O)cc1)C(=O)N1CCNC1=O. The van der Waals surface area contributed by atoms with Gasteiger partial charge in [0.2, 0.25) is 5.91 Å². The Morgan fingerprint density at radius 2 is 1.92 bits per heavy atom. The first-order valence-corrected chi connectivity index (χ1v) is 8.63. The van der Waals surface area contributed by atoms with Crippen LogP contribution in [0.5, 0.6) is 0 Å². The first-order valence-electron chi connectivity index (χ1n) is 8.63. The van der Waals surface area contributed by atoms with Gasteiger partial charge < -0.3 is 15.0 Å². The molecule has 2 aliphatic rings. The highest BCUT2D eigenvalue weighted by atomic mass is 16.5. The van der Waals surface area contributed by atoms with Crippen LogP contribution in [0.1, 0.15) is 25.3 Å². The van der Waals surface area contributed by atoms with Crippen LogP contribution in [0.25, 0.3) is 0 Å². The quantitative estimate of drug-likeness (QED) is 0.786. The number of esters is 1. The zero-order valence-corrected chi connectivity index (χ0v) is 14.6. The van der Waals surface area contributed by atoms with E-state index in [-0.39, 0.29) is 18.9 Å². The summed E-state index contributed by atoms with van der Waals surface area (Å²) in [6, 6.07) is 6.67. The molecule has 138 valence electrons. The Morgan fingerprint density at radius 1 is 1.19 bits per heavy atom. The lowest BCUT2D eigenvalue weighted by Gasteiger charge is -2.18. The van der Waals surface area contributed by atoms with Crippen molar-refractivity contribution in [2.24, 2.45) is 0 Å². The maximum absolute atomic E-state index is 12.1. The highest BCUT2D eigenvalue weighted by Crippen LogP contribution is 2.21. The zero-order chi connectivity index (χ0) is 18.7. The summed E-state index contributed by atoms with van der Waals surface area (Å²) in [7, 11) is 0. The second-order valence-electron chi connectivity index (χ2n) is 6.35. The van der Waals surface area contributed by atoms with Crippen LogP contribution in [0.15, 0.2) is 24.3 Å². The van der Waals surface area contributed by atoms with E-state index in [9.17, 15) is 19.2 Å². The fraction of sp³-hybridized carbons (Fsp3) is 0.444. The van der Waals surface area contributed by atoms with Crippen molar-refractivity contribution in [2.75, 3.05) is 24.5 Å². The van der Waals surface area contributed by atoms with Gasteiger partial charge in [0.25, 0.3) is 5.91 Å². The fourth-order valence-corrected chi connectivity index (χ4v) is 3.07. The topological polar surface area (TPSA) is 96.0 Å². The van der Waals surface area contributed by atoms with Crippen molar-refractivity contribution in [1.82, 2.24) is 10.2 Å². The minimum atomic E-state index is -1.02. The monoisotopic (exact) mass is 359 g/mol. The third-order valence-electron chi connectivity index (χ3n) is 4.45. The van der Waals surface area contributed by atoms with Crippen molar-refractivity contribution in [3.63, 3.8) is 0 Å². The number of rotatable bonds is 5. The molecule has 4 amide bonds. The maximum atomic E-state index is 12.1. The lowest BCUT2D eigenvalue weighted by Crippen LogP contribution is -2.42. The van der Waals surface area contributed by atoms with Crippen LogP contribution in [0.4, 0.5) is 10.5 Å². The van der Waals surface area contributed by atoms with Crippen molar-refractivity contribution >= 4 is 29.5 Å². The molecule has 0 unspecified atom stereocenters. The van der Waals surface area contributed by atoms with E-state index in [4.69, 9.17) is 4.74 Å². The van der Waals surface area contributed by atoms with Crippen molar-refractivity contribution in [2.45, 2.75) is 32.3 Å². The van der Waals surface area contributed by atoms with E-state index < -0.39 is 24.0 Å². The summed E-state index contributed by atoms with van der Waals surface area (Å²) in [5.41, 5.74) is 1.54. The molecule has 1 aromatic carbocycles. The summed E-state index contributed by atoms with van der Waals surface area (Å²) in [5.74, 6) is -0.970. The predicted octanol–water partition coefficient (Wildman–Crippen LogP) is 0.839. The molecule has 2 aliphatic heterocycles. The summed E-state index contributed by atoms with van der Waals surface area (Å²) in [6.45, 7) is 2.84. The number of nitrogens with one attached hydrogen (secondary N) is 1. The molecule has 0 saturated carbocycles. The molecule has 1 aromatic rings. The standard InChI is InChI=1S/C18H21N3O5/c1-12(17(24)21-10-8-19-18(21)25)26-16(23)11-13-4-6-14(7-5-13)20-9-2-3-15(20)22/h4-7,12H,2-3,8-11H2,1H3,(H,19,25)/t12-/m0/s1. The summed E-state index contributed by atoms with van der Waals surface area (Å²) in [6.07, 6.45) is 0.411. The smallest absolute Gasteiger partial charge is 0.324 e. The van der Waals surface area contributed by atoms with Gasteiger partial charge in [-0.3, -0.25) is 19.3 Å². The molecule has 1 atom stereocenters. The number of hydrogen-bond donors (Lipinski definition) is 1. The van der Waals surface area contributed by atoms with Gasteiger partial charge in [-0.15, -0.1) is 0 Å². The van der Waals surface area contributed by atoms with Crippen LogP contribution >= 0.6 is 0 Å². The number of carbonyl (C=O) groups is 4. The van der Waals surface area contributed by atoms with Crippen molar-refractivity contribution in [3.05, 3.63) is 29.8 Å². The maximum Gasteiger partial charge on any atom is 0.324 e. The molecule has 2 fully saturated rings. The normalized spacial score (nSPS) is 18.0. The molecule has 3 rings (SSSR count). The summed E-state index contributed by atoms with van der Waals surface area (Å²) >= 11 is 0. The number of benzene rings is 1. The first-order chi connectivity index (χ1) is 12.5. The molecule has 2 saturated heterocycles. The van der Waals surface area contributed by atoms with Gasteiger partial charge in [-0.1, -0.05) is 12.1 Å². The van der Waals surface area contributed by atoms with Gasteiger partial charge in [-0.25, -0.2) is 4.79 Å². The highest BCUT2D eigenvalue weighted by Gasteiger charge is 2.31. The van der Waals surface area contributed by atoms with E-state index >= 15 is 0 Å².